The Morgan fingerprint density at radius 1 is 1.11 bits per heavy atom. The molecular weight excluding hydrogens is 293 g/mol. The van der Waals surface area contributed by atoms with Gasteiger partial charge in [-0.25, -0.2) is 4.98 Å². The van der Waals surface area contributed by atoms with E-state index in [0.29, 0.717) is 27.4 Å². The summed E-state index contributed by atoms with van der Waals surface area (Å²) >= 11 is 17.6. The van der Waals surface area contributed by atoms with Crippen LogP contribution in [0.15, 0.2) is 30.3 Å². The molecule has 0 aliphatic heterocycles. The van der Waals surface area contributed by atoms with Gasteiger partial charge in [0.1, 0.15) is 5.75 Å². The molecule has 0 aliphatic rings. The highest BCUT2D eigenvalue weighted by molar-refractivity contribution is 6.32. The first-order valence-electron chi connectivity index (χ1n) is 5.25. The third-order valence-corrected chi connectivity index (χ3v) is 3.39. The number of hydrogen-bond donors (Lipinski definition) is 0. The van der Waals surface area contributed by atoms with Crippen LogP contribution in [0.1, 0.15) is 11.3 Å². The Labute approximate surface area is 120 Å². The van der Waals surface area contributed by atoms with Crippen molar-refractivity contribution in [3.05, 3.63) is 51.6 Å². The zero-order valence-corrected chi connectivity index (χ0v) is 11.9. The Kier molecular flexibility index (Phi) is 4.33. The summed E-state index contributed by atoms with van der Waals surface area (Å²) in [6.45, 7) is 1.91. The summed E-state index contributed by atoms with van der Waals surface area (Å²) in [7, 11) is 0. The van der Waals surface area contributed by atoms with E-state index in [1.165, 1.54) is 0 Å². The van der Waals surface area contributed by atoms with Crippen LogP contribution in [-0.2, 0) is 5.88 Å². The second-order valence-electron chi connectivity index (χ2n) is 3.72. The van der Waals surface area contributed by atoms with E-state index in [0.717, 1.165) is 5.56 Å². The van der Waals surface area contributed by atoms with Crippen LogP contribution in [0.25, 0.3) is 0 Å². The first-order valence-corrected chi connectivity index (χ1v) is 6.54. The highest BCUT2D eigenvalue weighted by Crippen LogP contribution is 2.26. The number of nitrogens with zero attached hydrogens (tertiary/aromatic N) is 1. The van der Waals surface area contributed by atoms with Gasteiger partial charge in [-0.05, 0) is 36.8 Å². The number of aryl methyl sites for hydroxylation is 1. The van der Waals surface area contributed by atoms with Crippen LogP contribution >= 0.6 is 34.8 Å². The minimum absolute atomic E-state index is 0.246. The average molecular weight is 303 g/mol. The zero-order valence-electron chi connectivity index (χ0n) is 9.58. The van der Waals surface area contributed by atoms with Crippen LogP contribution in [-0.4, -0.2) is 4.98 Å². The fraction of sp³-hybridized carbons (Fsp3) is 0.154. The number of pyridine rings is 1. The lowest BCUT2D eigenvalue weighted by Gasteiger charge is -2.08. The molecule has 0 amide bonds. The van der Waals surface area contributed by atoms with Gasteiger partial charge < -0.3 is 4.74 Å². The number of aromatic nitrogens is 1. The van der Waals surface area contributed by atoms with Crippen molar-refractivity contribution in [2.24, 2.45) is 0 Å². The van der Waals surface area contributed by atoms with Crippen molar-refractivity contribution in [3.8, 4) is 11.6 Å². The molecule has 1 heterocycles. The fourth-order valence-corrected chi connectivity index (χ4v) is 1.98. The van der Waals surface area contributed by atoms with E-state index in [2.05, 4.69) is 4.98 Å². The molecule has 18 heavy (non-hydrogen) atoms. The molecule has 0 fully saturated rings. The van der Waals surface area contributed by atoms with Crippen molar-refractivity contribution in [2.45, 2.75) is 12.8 Å². The molecule has 2 nitrogen and oxygen atoms in total. The smallest absolute Gasteiger partial charge is 0.219 e. The van der Waals surface area contributed by atoms with Crippen LogP contribution in [0.5, 0.6) is 11.6 Å². The van der Waals surface area contributed by atoms with Crippen LogP contribution in [0.3, 0.4) is 0 Å². The first-order chi connectivity index (χ1) is 8.60. The van der Waals surface area contributed by atoms with Crippen LogP contribution in [0, 0.1) is 6.92 Å². The van der Waals surface area contributed by atoms with E-state index in [-0.39, 0.29) is 5.88 Å². The second kappa shape index (κ2) is 5.79. The van der Waals surface area contributed by atoms with Gasteiger partial charge in [0.05, 0.1) is 16.6 Å². The second-order valence-corrected chi connectivity index (χ2v) is 4.81. The monoisotopic (exact) mass is 301 g/mol. The highest BCUT2D eigenvalue weighted by Gasteiger charge is 2.05. The largest absolute Gasteiger partial charge is 0.439 e. The van der Waals surface area contributed by atoms with Crippen molar-refractivity contribution in [1.29, 1.82) is 0 Å². The maximum Gasteiger partial charge on any atom is 0.219 e. The van der Waals surface area contributed by atoms with E-state index in [9.17, 15) is 0 Å². The van der Waals surface area contributed by atoms with Crippen LogP contribution < -0.4 is 4.74 Å². The molecular formula is C13H10Cl3NO. The number of halogens is 3. The van der Waals surface area contributed by atoms with E-state index in [4.69, 9.17) is 39.5 Å². The maximum absolute atomic E-state index is 5.95. The summed E-state index contributed by atoms with van der Waals surface area (Å²) < 4.78 is 5.62. The molecule has 0 bridgehead atoms. The topological polar surface area (TPSA) is 22.1 Å². The summed E-state index contributed by atoms with van der Waals surface area (Å²) in [6.07, 6.45) is 0. The first kappa shape index (κ1) is 13.5. The summed E-state index contributed by atoms with van der Waals surface area (Å²) in [5.74, 6) is 1.37. The van der Waals surface area contributed by atoms with Crippen LogP contribution in [0.2, 0.25) is 10.0 Å². The molecule has 1 aromatic carbocycles. The normalized spacial score (nSPS) is 10.4. The average Bonchev–Trinajstić information content (AvgIpc) is 2.36. The van der Waals surface area contributed by atoms with E-state index in [1.54, 1.807) is 24.3 Å². The fourth-order valence-electron chi connectivity index (χ4n) is 1.42. The Balaban J connectivity index is 2.25. The van der Waals surface area contributed by atoms with Crippen molar-refractivity contribution >= 4 is 34.8 Å². The van der Waals surface area contributed by atoms with Gasteiger partial charge in [0.15, 0.2) is 0 Å². The van der Waals surface area contributed by atoms with Gasteiger partial charge in [-0.1, -0.05) is 23.2 Å². The number of rotatable bonds is 3. The van der Waals surface area contributed by atoms with Gasteiger partial charge in [-0.2, -0.15) is 0 Å². The molecule has 94 valence electrons. The lowest BCUT2D eigenvalue weighted by molar-refractivity contribution is 0.461. The van der Waals surface area contributed by atoms with Crippen LogP contribution in [0.4, 0.5) is 0 Å². The Bertz CT molecular complexity index is 572. The predicted molar refractivity (Wildman–Crippen MR) is 75.1 cm³/mol. The highest BCUT2D eigenvalue weighted by atomic mass is 35.5. The number of ether oxygens (including phenoxy) is 1. The van der Waals surface area contributed by atoms with Crippen molar-refractivity contribution in [3.63, 3.8) is 0 Å². The van der Waals surface area contributed by atoms with Crippen molar-refractivity contribution in [1.82, 2.24) is 4.98 Å². The van der Waals surface area contributed by atoms with Gasteiger partial charge in [0, 0.05) is 11.1 Å². The molecule has 0 atom stereocenters. The molecule has 0 spiro atoms. The van der Waals surface area contributed by atoms with E-state index in [1.807, 2.05) is 13.0 Å². The van der Waals surface area contributed by atoms with Crippen molar-refractivity contribution < 1.29 is 4.74 Å². The Morgan fingerprint density at radius 3 is 2.50 bits per heavy atom. The summed E-state index contributed by atoms with van der Waals surface area (Å²) in [6, 6.07) is 8.82. The molecule has 2 rings (SSSR count). The molecule has 2 aromatic rings. The van der Waals surface area contributed by atoms with Gasteiger partial charge in [-0.15, -0.1) is 11.6 Å². The van der Waals surface area contributed by atoms with Gasteiger partial charge in [-0.3, -0.25) is 0 Å². The third-order valence-electron chi connectivity index (χ3n) is 2.37. The van der Waals surface area contributed by atoms with E-state index >= 15 is 0 Å². The number of benzene rings is 1. The standard InChI is InChI=1S/C13H10Cl3NO/c1-8-6-9(2-3-10(8)15)18-13-5-4-11(16)12(7-14)17-13/h2-6H,7H2,1H3. The third kappa shape index (κ3) is 3.08. The van der Waals surface area contributed by atoms with Gasteiger partial charge >= 0.3 is 0 Å². The molecule has 0 unspecified atom stereocenters. The molecule has 1 aromatic heterocycles. The molecule has 0 radical (unpaired) electrons. The zero-order chi connectivity index (χ0) is 13.1. The van der Waals surface area contributed by atoms with Gasteiger partial charge in [0.25, 0.3) is 0 Å². The van der Waals surface area contributed by atoms with Crippen molar-refractivity contribution in [2.75, 3.05) is 0 Å². The maximum atomic E-state index is 5.95. The quantitative estimate of drug-likeness (QED) is 0.724. The minimum Gasteiger partial charge on any atom is -0.439 e. The number of hydrogen-bond acceptors (Lipinski definition) is 2. The van der Waals surface area contributed by atoms with Gasteiger partial charge in [0.2, 0.25) is 5.88 Å². The molecule has 5 heteroatoms. The Morgan fingerprint density at radius 2 is 1.83 bits per heavy atom. The minimum atomic E-state index is 0.246. The van der Waals surface area contributed by atoms with E-state index < -0.39 is 0 Å². The molecule has 0 N–H and O–H groups in total. The molecule has 0 saturated heterocycles. The SMILES string of the molecule is Cc1cc(Oc2ccc(Cl)c(CCl)n2)ccc1Cl. The lowest BCUT2D eigenvalue weighted by atomic mass is 10.2. The number of alkyl halides is 1. The summed E-state index contributed by atoms with van der Waals surface area (Å²) in [4.78, 5) is 4.22. The summed E-state index contributed by atoms with van der Waals surface area (Å²) in [5, 5.41) is 1.23. The predicted octanol–water partition coefficient (Wildman–Crippen LogP) is 5.23. The summed E-state index contributed by atoms with van der Waals surface area (Å²) in [5.41, 5.74) is 1.54. The molecule has 0 aliphatic carbocycles. The Hall–Kier alpha value is -0.960. The lowest BCUT2D eigenvalue weighted by Crippen LogP contribution is -1.93. The molecule has 0 saturated carbocycles.